The second kappa shape index (κ2) is 9.83. The van der Waals surface area contributed by atoms with Gasteiger partial charge in [-0.2, -0.15) is 5.10 Å². The number of anilines is 1. The molecule has 39 heavy (non-hydrogen) atoms. The van der Waals surface area contributed by atoms with Gasteiger partial charge in [0.05, 0.1) is 42.5 Å². The van der Waals surface area contributed by atoms with Crippen LogP contribution in [0.15, 0.2) is 91.1 Å². The van der Waals surface area contributed by atoms with Crippen molar-refractivity contribution in [3.8, 4) is 17.3 Å². The van der Waals surface area contributed by atoms with Crippen molar-refractivity contribution < 1.29 is 9.53 Å². The highest BCUT2D eigenvalue weighted by molar-refractivity contribution is 5.92. The van der Waals surface area contributed by atoms with Crippen LogP contribution in [0.2, 0.25) is 0 Å². The molecule has 1 atom stereocenters. The molecule has 1 aliphatic heterocycles. The van der Waals surface area contributed by atoms with E-state index >= 15 is 0 Å². The number of methoxy groups -OCH3 is 1. The van der Waals surface area contributed by atoms with Crippen molar-refractivity contribution >= 4 is 11.7 Å². The Bertz CT molecular complexity index is 1650. The van der Waals surface area contributed by atoms with Gasteiger partial charge in [-0.1, -0.05) is 54.1 Å². The van der Waals surface area contributed by atoms with Gasteiger partial charge in [-0.05, 0) is 68.3 Å². The minimum absolute atomic E-state index is 0.211. The molecule has 0 unspecified atom stereocenters. The standard InChI is InChI=1S/C32H31N5O2/c1-21-12-15-24(16-13-21)30-28-11-8-18-35(28)31-26(23(3)34-37(31)25-9-6-5-7-10-25)20-36(30)32(38)33-27-19-22(2)14-17-29(27)39-4/h5-19,30H,20H2,1-4H3,(H,33,38)/t30-/m1/s1. The second-order valence-corrected chi connectivity index (χ2v) is 10.0. The number of ether oxygens (including phenoxy) is 1. The molecule has 0 saturated heterocycles. The van der Waals surface area contributed by atoms with Crippen LogP contribution in [-0.4, -0.2) is 32.4 Å². The number of rotatable bonds is 4. The molecular weight excluding hydrogens is 486 g/mol. The predicted molar refractivity (Wildman–Crippen MR) is 153 cm³/mol. The fraction of sp³-hybridized carbons (Fsp3) is 0.188. The third kappa shape index (κ3) is 4.36. The van der Waals surface area contributed by atoms with Crippen LogP contribution in [0.5, 0.6) is 5.75 Å². The first-order chi connectivity index (χ1) is 18.9. The van der Waals surface area contributed by atoms with E-state index in [0.717, 1.165) is 39.6 Å². The Morgan fingerprint density at radius 2 is 1.67 bits per heavy atom. The normalized spacial score (nSPS) is 14.4. The van der Waals surface area contributed by atoms with Crippen LogP contribution in [0.4, 0.5) is 10.5 Å². The fourth-order valence-corrected chi connectivity index (χ4v) is 5.36. The number of para-hydroxylation sites is 1. The van der Waals surface area contributed by atoms with Gasteiger partial charge in [0.1, 0.15) is 11.6 Å². The third-order valence-electron chi connectivity index (χ3n) is 7.34. The SMILES string of the molecule is COc1ccc(C)cc1NC(=O)N1Cc2c(C)nn(-c3ccccc3)c2-n2cccc2[C@H]1c1ccc(C)cc1. The van der Waals surface area contributed by atoms with Gasteiger partial charge in [0, 0.05) is 11.8 Å². The molecule has 1 aliphatic rings. The van der Waals surface area contributed by atoms with Gasteiger partial charge >= 0.3 is 6.03 Å². The molecule has 0 spiro atoms. The Labute approximate surface area is 228 Å². The number of nitrogens with zero attached hydrogens (tertiary/aromatic N) is 4. The maximum Gasteiger partial charge on any atom is 0.323 e. The molecule has 0 saturated carbocycles. The lowest BCUT2D eigenvalue weighted by molar-refractivity contribution is 0.194. The Morgan fingerprint density at radius 1 is 0.923 bits per heavy atom. The van der Waals surface area contributed by atoms with E-state index in [-0.39, 0.29) is 12.1 Å². The number of aryl methyl sites for hydroxylation is 3. The minimum Gasteiger partial charge on any atom is -0.495 e. The summed E-state index contributed by atoms with van der Waals surface area (Å²) in [5, 5.41) is 8.07. The Balaban J connectivity index is 1.53. The molecule has 0 fully saturated rings. The molecule has 1 N–H and O–H groups in total. The highest BCUT2D eigenvalue weighted by atomic mass is 16.5. The van der Waals surface area contributed by atoms with Crippen molar-refractivity contribution in [2.45, 2.75) is 33.4 Å². The maximum atomic E-state index is 14.2. The Kier molecular flexibility index (Phi) is 6.19. The van der Waals surface area contributed by atoms with Crippen molar-refractivity contribution in [3.05, 3.63) is 125 Å². The lowest BCUT2D eigenvalue weighted by atomic mass is 10.0. The van der Waals surface area contributed by atoms with Crippen LogP contribution in [-0.2, 0) is 6.54 Å². The van der Waals surface area contributed by atoms with E-state index in [4.69, 9.17) is 9.84 Å². The quantitative estimate of drug-likeness (QED) is 0.287. The van der Waals surface area contributed by atoms with Crippen molar-refractivity contribution in [2.75, 3.05) is 12.4 Å². The first-order valence-electron chi connectivity index (χ1n) is 13.0. The van der Waals surface area contributed by atoms with E-state index in [1.807, 2.05) is 78.0 Å². The van der Waals surface area contributed by atoms with Gasteiger partial charge in [-0.25, -0.2) is 9.48 Å². The molecule has 6 rings (SSSR count). The fourth-order valence-electron chi connectivity index (χ4n) is 5.36. The number of aromatic nitrogens is 3. The average molecular weight is 518 g/mol. The van der Waals surface area contributed by atoms with Gasteiger partial charge in [0.25, 0.3) is 0 Å². The maximum absolute atomic E-state index is 14.2. The molecule has 7 nitrogen and oxygen atoms in total. The Hall–Kier alpha value is -4.78. The summed E-state index contributed by atoms with van der Waals surface area (Å²) in [7, 11) is 1.61. The first kappa shape index (κ1) is 24.6. The molecular formula is C32H31N5O2. The number of carbonyl (C=O) groups excluding carboxylic acids is 1. The predicted octanol–water partition coefficient (Wildman–Crippen LogP) is 6.73. The molecule has 3 heterocycles. The number of benzene rings is 3. The zero-order chi connectivity index (χ0) is 27.1. The molecule has 2 amide bonds. The van der Waals surface area contributed by atoms with Crippen LogP contribution < -0.4 is 10.1 Å². The molecule has 3 aromatic carbocycles. The topological polar surface area (TPSA) is 64.3 Å². The smallest absolute Gasteiger partial charge is 0.323 e. The van der Waals surface area contributed by atoms with Crippen LogP contribution in [0.3, 0.4) is 0 Å². The summed E-state index contributed by atoms with van der Waals surface area (Å²) < 4.78 is 9.71. The highest BCUT2D eigenvalue weighted by Gasteiger charge is 2.36. The number of fused-ring (bicyclic) bond motifs is 3. The summed E-state index contributed by atoms with van der Waals surface area (Å²) >= 11 is 0. The van der Waals surface area contributed by atoms with Crippen molar-refractivity contribution in [3.63, 3.8) is 0 Å². The molecule has 2 aromatic heterocycles. The zero-order valence-electron chi connectivity index (χ0n) is 22.6. The lowest BCUT2D eigenvalue weighted by Crippen LogP contribution is -2.38. The van der Waals surface area contributed by atoms with Crippen LogP contribution in [0.1, 0.15) is 39.7 Å². The molecule has 5 aromatic rings. The monoisotopic (exact) mass is 517 g/mol. The number of nitrogens with one attached hydrogen (secondary N) is 1. The largest absolute Gasteiger partial charge is 0.495 e. The third-order valence-corrected chi connectivity index (χ3v) is 7.34. The summed E-state index contributed by atoms with van der Waals surface area (Å²) in [4.78, 5) is 16.1. The summed E-state index contributed by atoms with van der Waals surface area (Å²) in [6, 6.07) is 27.9. The number of hydrogen-bond donors (Lipinski definition) is 1. The van der Waals surface area contributed by atoms with Crippen LogP contribution in [0.25, 0.3) is 11.5 Å². The van der Waals surface area contributed by atoms with Gasteiger partial charge in [-0.15, -0.1) is 0 Å². The number of urea groups is 1. The van der Waals surface area contributed by atoms with Crippen LogP contribution >= 0.6 is 0 Å². The first-order valence-corrected chi connectivity index (χ1v) is 13.0. The van der Waals surface area contributed by atoms with E-state index < -0.39 is 0 Å². The summed E-state index contributed by atoms with van der Waals surface area (Å²) in [6.45, 7) is 6.46. The van der Waals surface area contributed by atoms with E-state index in [2.05, 4.69) is 53.3 Å². The summed E-state index contributed by atoms with van der Waals surface area (Å²) in [5.41, 5.74) is 7.71. The molecule has 0 aliphatic carbocycles. The molecule has 196 valence electrons. The number of hydrogen-bond acceptors (Lipinski definition) is 3. The summed E-state index contributed by atoms with van der Waals surface area (Å²) in [5.74, 6) is 1.56. The van der Waals surface area contributed by atoms with E-state index in [1.165, 1.54) is 5.56 Å². The molecule has 0 bridgehead atoms. The Morgan fingerprint density at radius 3 is 2.41 bits per heavy atom. The lowest BCUT2D eigenvalue weighted by Gasteiger charge is -2.31. The van der Waals surface area contributed by atoms with Gasteiger partial charge in [0.15, 0.2) is 0 Å². The van der Waals surface area contributed by atoms with Crippen molar-refractivity contribution in [1.29, 1.82) is 0 Å². The molecule has 7 heteroatoms. The van der Waals surface area contributed by atoms with Crippen LogP contribution in [0, 0.1) is 20.8 Å². The highest BCUT2D eigenvalue weighted by Crippen LogP contribution is 2.39. The summed E-state index contributed by atoms with van der Waals surface area (Å²) in [6.07, 6.45) is 2.06. The average Bonchev–Trinajstić information content (AvgIpc) is 3.50. The van der Waals surface area contributed by atoms with Crippen molar-refractivity contribution in [1.82, 2.24) is 19.2 Å². The second-order valence-electron chi connectivity index (χ2n) is 10.0. The van der Waals surface area contributed by atoms with E-state index in [9.17, 15) is 4.79 Å². The van der Waals surface area contributed by atoms with E-state index in [0.29, 0.717) is 18.0 Å². The van der Waals surface area contributed by atoms with Gasteiger partial charge in [0.2, 0.25) is 0 Å². The molecule has 0 radical (unpaired) electrons. The van der Waals surface area contributed by atoms with Crippen molar-refractivity contribution in [2.24, 2.45) is 0 Å². The van der Waals surface area contributed by atoms with Gasteiger partial charge < -0.3 is 19.5 Å². The minimum atomic E-state index is -0.326. The number of amides is 2. The van der Waals surface area contributed by atoms with Gasteiger partial charge in [-0.3, -0.25) is 0 Å². The number of carbonyl (C=O) groups is 1. The van der Waals surface area contributed by atoms with E-state index in [1.54, 1.807) is 7.11 Å². The zero-order valence-corrected chi connectivity index (χ0v) is 22.6.